The Kier molecular flexibility index (Phi) is 4.74. The minimum Gasteiger partial charge on any atom is -0.446 e. The molecule has 0 heterocycles. The standard InChI is InChI=1S/C14H17NO2/c1-5-11(2)17-14(16)13-8-6-7-12(9-13)10-15(3)4/h1,6-9,11H,10H2,2-4H3/t11-/m0/s1. The highest BCUT2D eigenvalue weighted by Crippen LogP contribution is 2.09. The van der Waals surface area contributed by atoms with Crippen LogP contribution in [0.25, 0.3) is 0 Å². The van der Waals surface area contributed by atoms with Crippen molar-refractivity contribution in [1.29, 1.82) is 0 Å². The van der Waals surface area contributed by atoms with Gasteiger partial charge in [-0.1, -0.05) is 18.1 Å². The van der Waals surface area contributed by atoms with E-state index in [1.807, 2.05) is 37.2 Å². The molecular formula is C14H17NO2. The molecule has 0 spiro atoms. The molecule has 0 amide bonds. The van der Waals surface area contributed by atoms with Crippen LogP contribution in [0.2, 0.25) is 0 Å². The molecule has 17 heavy (non-hydrogen) atoms. The number of hydrogen-bond acceptors (Lipinski definition) is 3. The molecule has 0 N–H and O–H groups in total. The molecule has 0 saturated carbocycles. The second-order valence-corrected chi connectivity index (χ2v) is 4.15. The number of hydrogen-bond donors (Lipinski definition) is 0. The molecule has 3 nitrogen and oxygen atoms in total. The molecule has 0 fully saturated rings. The van der Waals surface area contributed by atoms with Gasteiger partial charge in [0.25, 0.3) is 0 Å². The fourth-order valence-electron chi connectivity index (χ4n) is 1.42. The summed E-state index contributed by atoms with van der Waals surface area (Å²) in [5.74, 6) is 1.98. The smallest absolute Gasteiger partial charge is 0.339 e. The Morgan fingerprint density at radius 2 is 2.24 bits per heavy atom. The summed E-state index contributed by atoms with van der Waals surface area (Å²) in [6.07, 6.45) is 4.66. The zero-order valence-electron chi connectivity index (χ0n) is 10.4. The highest BCUT2D eigenvalue weighted by molar-refractivity contribution is 5.89. The predicted octanol–water partition coefficient (Wildman–Crippen LogP) is 1.93. The average molecular weight is 231 g/mol. The van der Waals surface area contributed by atoms with Gasteiger partial charge in [-0.2, -0.15) is 0 Å². The number of benzene rings is 1. The Hall–Kier alpha value is -1.79. The van der Waals surface area contributed by atoms with Crippen LogP contribution in [0.4, 0.5) is 0 Å². The lowest BCUT2D eigenvalue weighted by Gasteiger charge is -2.11. The van der Waals surface area contributed by atoms with Crippen molar-refractivity contribution < 1.29 is 9.53 Å². The summed E-state index contributed by atoms with van der Waals surface area (Å²) in [5, 5.41) is 0. The van der Waals surface area contributed by atoms with E-state index in [0.29, 0.717) is 5.56 Å². The second-order valence-electron chi connectivity index (χ2n) is 4.15. The lowest BCUT2D eigenvalue weighted by Crippen LogP contribution is -2.14. The lowest BCUT2D eigenvalue weighted by atomic mass is 10.1. The topological polar surface area (TPSA) is 29.5 Å². The van der Waals surface area contributed by atoms with E-state index < -0.39 is 6.10 Å². The first kappa shape index (κ1) is 13.3. The van der Waals surface area contributed by atoms with Crippen LogP contribution in [0.15, 0.2) is 24.3 Å². The first-order chi connectivity index (χ1) is 8.02. The first-order valence-electron chi connectivity index (χ1n) is 5.43. The Labute approximate surface area is 102 Å². The first-order valence-corrected chi connectivity index (χ1v) is 5.43. The third-order valence-electron chi connectivity index (χ3n) is 2.18. The van der Waals surface area contributed by atoms with Gasteiger partial charge in [-0.15, -0.1) is 6.42 Å². The number of esters is 1. The van der Waals surface area contributed by atoms with E-state index >= 15 is 0 Å². The third kappa shape index (κ3) is 4.29. The summed E-state index contributed by atoms with van der Waals surface area (Å²) in [6.45, 7) is 2.45. The van der Waals surface area contributed by atoms with Gasteiger partial charge >= 0.3 is 5.97 Å². The molecule has 0 aromatic heterocycles. The molecule has 1 aromatic carbocycles. The zero-order chi connectivity index (χ0) is 12.8. The molecule has 1 rings (SSSR count). The van der Waals surface area contributed by atoms with Crippen LogP contribution in [0, 0.1) is 12.3 Å². The maximum atomic E-state index is 11.7. The van der Waals surface area contributed by atoms with Gasteiger partial charge in [0.2, 0.25) is 0 Å². The number of nitrogens with zero attached hydrogens (tertiary/aromatic N) is 1. The number of carbonyl (C=O) groups excluding carboxylic acids is 1. The van der Waals surface area contributed by atoms with Crippen LogP contribution >= 0.6 is 0 Å². The zero-order valence-corrected chi connectivity index (χ0v) is 10.4. The van der Waals surface area contributed by atoms with Gasteiger partial charge in [0, 0.05) is 6.54 Å². The molecule has 0 aliphatic rings. The summed E-state index contributed by atoms with van der Waals surface area (Å²) >= 11 is 0. The molecule has 1 atom stereocenters. The van der Waals surface area contributed by atoms with Crippen molar-refractivity contribution in [3.63, 3.8) is 0 Å². The summed E-state index contributed by atoms with van der Waals surface area (Å²) in [5.41, 5.74) is 1.60. The quantitative estimate of drug-likeness (QED) is 0.585. The average Bonchev–Trinajstić information content (AvgIpc) is 2.28. The molecule has 3 heteroatoms. The number of carbonyl (C=O) groups is 1. The molecule has 0 saturated heterocycles. The fraction of sp³-hybridized carbons (Fsp3) is 0.357. The molecule has 0 radical (unpaired) electrons. The SMILES string of the molecule is C#C[C@H](C)OC(=O)c1cccc(CN(C)C)c1. The van der Waals surface area contributed by atoms with E-state index in [0.717, 1.165) is 12.1 Å². The maximum Gasteiger partial charge on any atom is 0.339 e. The molecule has 0 unspecified atom stereocenters. The predicted molar refractivity (Wildman–Crippen MR) is 67.5 cm³/mol. The van der Waals surface area contributed by atoms with E-state index in [-0.39, 0.29) is 5.97 Å². The van der Waals surface area contributed by atoms with Crippen LogP contribution in [0.5, 0.6) is 0 Å². The number of rotatable bonds is 4. The Balaban J connectivity index is 2.78. The largest absolute Gasteiger partial charge is 0.446 e. The van der Waals surface area contributed by atoms with Crippen molar-refractivity contribution in [2.24, 2.45) is 0 Å². The molecule has 0 aliphatic carbocycles. The highest BCUT2D eigenvalue weighted by atomic mass is 16.5. The van der Waals surface area contributed by atoms with Crippen LogP contribution < -0.4 is 0 Å². The second kappa shape index (κ2) is 6.07. The molecule has 90 valence electrons. The van der Waals surface area contributed by atoms with Crippen LogP contribution in [-0.4, -0.2) is 31.1 Å². The maximum absolute atomic E-state index is 11.7. The molecular weight excluding hydrogens is 214 g/mol. The van der Waals surface area contributed by atoms with Crippen molar-refractivity contribution in [3.05, 3.63) is 35.4 Å². The number of ether oxygens (including phenoxy) is 1. The third-order valence-corrected chi connectivity index (χ3v) is 2.18. The van der Waals surface area contributed by atoms with Gasteiger partial charge in [0.15, 0.2) is 6.10 Å². The van der Waals surface area contributed by atoms with Crippen molar-refractivity contribution in [3.8, 4) is 12.3 Å². The van der Waals surface area contributed by atoms with E-state index in [1.165, 1.54) is 0 Å². The van der Waals surface area contributed by atoms with Gasteiger partial charge in [0.1, 0.15) is 0 Å². The lowest BCUT2D eigenvalue weighted by molar-refractivity contribution is 0.0438. The van der Waals surface area contributed by atoms with Crippen molar-refractivity contribution in [2.45, 2.75) is 19.6 Å². The monoisotopic (exact) mass is 231 g/mol. The molecule has 0 bridgehead atoms. The van der Waals surface area contributed by atoms with E-state index in [1.54, 1.807) is 13.0 Å². The van der Waals surface area contributed by atoms with Crippen LogP contribution in [0.3, 0.4) is 0 Å². The summed E-state index contributed by atoms with van der Waals surface area (Å²) < 4.78 is 5.06. The van der Waals surface area contributed by atoms with Gasteiger partial charge in [0.05, 0.1) is 5.56 Å². The van der Waals surface area contributed by atoms with Gasteiger partial charge in [-0.3, -0.25) is 0 Å². The van der Waals surface area contributed by atoms with Gasteiger partial charge in [-0.05, 0) is 38.7 Å². The summed E-state index contributed by atoms with van der Waals surface area (Å²) in [4.78, 5) is 13.8. The van der Waals surface area contributed by atoms with Crippen molar-refractivity contribution in [2.75, 3.05) is 14.1 Å². The van der Waals surface area contributed by atoms with Gasteiger partial charge in [-0.25, -0.2) is 4.79 Å². The minimum absolute atomic E-state index is 0.379. The van der Waals surface area contributed by atoms with Crippen LogP contribution in [-0.2, 0) is 11.3 Å². The van der Waals surface area contributed by atoms with Crippen LogP contribution in [0.1, 0.15) is 22.8 Å². The normalized spacial score (nSPS) is 11.9. The minimum atomic E-state index is -0.500. The van der Waals surface area contributed by atoms with E-state index in [2.05, 4.69) is 5.92 Å². The van der Waals surface area contributed by atoms with Gasteiger partial charge < -0.3 is 9.64 Å². The fourth-order valence-corrected chi connectivity index (χ4v) is 1.42. The van der Waals surface area contributed by atoms with E-state index in [9.17, 15) is 4.79 Å². The van der Waals surface area contributed by atoms with Crippen molar-refractivity contribution in [1.82, 2.24) is 4.90 Å². The highest BCUT2D eigenvalue weighted by Gasteiger charge is 2.10. The number of terminal acetylenes is 1. The summed E-state index contributed by atoms with van der Waals surface area (Å²) in [7, 11) is 3.96. The Bertz CT molecular complexity index is 432. The molecule has 1 aromatic rings. The van der Waals surface area contributed by atoms with E-state index in [4.69, 9.17) is 11.2 Å². The molecule has 0 aliphatic heterocycles. The Morgan fingerprint density at radius 1 is 1.53 bits per heavy atom. The van der Waals surface area contributed by atoms with Crippen molar-refractivity contribution >= 4 is 5.97 Å². The Morgan fingerprint density at radius 3 is 2.82 bits per heavy atom. The summed E-state index contributed by atoms with van der Waals surface area (Å²) in [6, 6.07) is 7.37.